The van der Waals surface area contributed by atoms with Crippen molar-refractivity contribution in [1.82, 2.24) is 9.97 Å². The molecular formula is C48H32N2O2. The van der Waals surface area contributed by atoms with E-state index in [0.29, 0.717) is 11.8 Å². The van der Waals surface area contributed by atoms with Gasteiger partial charge in [-0.05, 0) is 104 Å². The summed E-state index contributed by atoms with van der Waals surface area (Å²) < 4.78 is 12.7. The lowest BCUT2D eigenvalue weighted by Crippen LogP contribution is -2.40. The van der Waals surface area contributed by atoms with Crippen molar-refractivity contribution in [2.75, 3.05) is 0 Å². The minimum Gasteiger partial charge on any atom is -0.436 e. The zero-order valence-corrected chi connectivity index (χ0v) is 28.7. The number of hydrogen-bond acceptors (Lipinski definition) is 4. The fourth-order valence-corrected chi connectivity index (χ4v) is 9.07. The van der Waals surface area contributed by atoms with Gasteiger partial charge in [-0.3, -0.25) is 0 Å². The second-order valence-corrected chi connectivity index (χ2v) is 14.5. The second-order valence-electron chi connectivity index (χ2n) is 14.5. The molecule has 0 amide bonds. The van der Waals surface area contributed by atoms with E-state index < -0.39 is 5.41 Å². The predicted molar refractivity (Wildman–Crippen MR) is 207 cm³/mol. The Hall–Kier alpha value is -6.52. The standard InChI is InChI=1S/C48H32N2O2/c1-47(2)36-15-5-7-17-38(36)48(39-18-8-6-16-37(39)47)35-14-4-3-13-33(35)34-24-23-29(28-40(34)48)30-25-31(45-49-41-19-9-11-21-43(41)51-45)27-32(26-30)46-50-42-20-10-12-22-44(42)52-46/h3-28H,1-2H3. The van der Waals surface area contributed by atoms with E-state index in [1.807, 2.05) is 48.5 Å². The van der Waals surface area contributed by atoms with Crippen LogP contribution in [0.2, 0.25) is 0 Å². The average molecular weight is 669 g/mol. The van der Waals surface area contributed by atoms with E-state index in [1.165, 1.54) is 44.5 Å². The number of oxazole rings is 2. The molecule has 0 saturated heterocycles. The third-order valence-corrected chi connectivity index (χ3v) is 11.4. The van der Waals surface area contributed by atoms with Crippen molar-refractivity contribution in [1.29, 1.82) is 0 Å². The van der Waals surface area contributed by atoms with E-state index >= 15 is 0 Å². The van der Waals surface area contributed by atoms with Crippen LogP contribution in [0.15, 0.2) is 167 Å². The van der Waals surface area contributed by atoms with Crippen LogP contribution in [0.3, 0.4) is 0 Å². The van der Waals surface area contributed by atoms with Crippen LogP contribution in [0, 0.1) is 0 Å². The molecule has 2 aliphatic carbocycles. The Morgan fingerprint density at radius 1 is 0.385 bits per heavy atom. The zero-order chi connectivity index (χ0) is 34.6. The molecular weight excluding hydrogens is 637 g/mol. The summed E-state index contributed by atoms with van der Waals surface area (Å²) in [5.41, 5.74) is 16.9. The minimum atomic E-state index is -0.480. The molecule has 4 nitrogen and oxygen atoms in total. The van der Waals surface area contributed by atoms with Crippen LogP contribution < -0.4 is 0 Å². The highest BCUT2D eigenvalue weighted by molar-refractivity contribution is 5.91. The number of aromatic nitrogens is 2. The van der Waals surface area contributed by atoms with Gasteiger partial charge in [0, 0.05) is 16.5 Å². The number of hydrogen-bond donors (Lipinski definition) is 0. The van der Waals surface area contributed by atoms with Gasteiger partial charge in [-0.25, -0.2) is 9.97 Å². The molecule has 0 atom stereocenters. The lowest BCUT2D eigenvalue weighted by atomic mass is 9.55. The Morgan fingerprint density at radius 3 is 1.42 bits per heavy atom. The normalized spacial score (nSPS) is 14.7. The van der Waals surface area contributed by atoms with Crippen molar-refractivity contribution in [3.8, 4) is 45.2 Å². The molecule has 2 heterocycles. The second kappa shape index (κ2) is 10.5. The fourth-order valence-electron chi connectivity index (χ4n) is 9.07. The van der Waals surface area contributed by atoms with E-state index in [4.69, 9.17) is 18.8 Å². The molecule has 1 spiro atoms. The van der Waals surface area contributed by atoms with Gasteiger partial charge in [0.2, 0.25) is 11.8 Å². The molecule has 0 saturated carbocycles. The minimum absolute atomic E-state index is 0.157. The molecule has 0 fully saturated rings. The lowest BCUT2D eigenvalue weighted by molar-refractivity contribution is 0.563. The van der Waals surface area contributed by atoms with Gasteiger partial charge in [-0.2, -0.15) is 0 Å². The first-order valence-corrected chi connectivity index (χ1v) is 17.8. The largest absolute Gasteiger partial charge is 0.436 e. The first-order valence-electron chi connectivity index (χ1n) is 17.8. The maximum absolute atomic E-state index is 6.34. The van der Waals surface area contributed by atoms with Crippen LogP contribution in [0.1, 0.15) is 47.2 Å². The number of fused-ring (bicyclic) bond motifs is 11. The summed E-state index contributed by atoms with van der Waals surface area (Å²) in [6.45, 7) is 4.72. The number of para-hydroxylation sites is 4. The van der Waals surface area contributed by atoms with E-state index in [9.17, 15) is 0 Å². The maximum Gasteiger partial charge on any atom is 0.227 e. The molecule has 9 aromatic rings. The summed E-state index contributed by atoms with van der Waals surface area (Å²) in [5, 5.41) is 0. The number of rotatable bonds is 3. The van der Waals surface area contributed by atoms with Crippen LogP contribution in [-0.2, 0) is 10.8 Å². The molecule has 0 aliphatic heterocycles. The molecule has 0 radical (unpaired) electrons. The van der Waals surface area contributed by atoms with Gasteiger partial charge in [0.15, 0.2) is 11.2 Å². The molecule has 4 heteroatoms. The molecule has 2 aliphatic rings. The van der Waals surface area contributed by atoms with Gasteiger partial charge in [0.05, 0.1) is 5.41 Å². The molecule has 2 aromatic heterocycles. The Kier molecular flexibility index (Phi) is 5.90. The van der Waals surface area contributed by atoms with Crippen molar-refractivity contribution in [2.24, 2.45) is 0 Å². The van der Waals surface area contributed by atoms with Crippen molar-refractivity contribution < 1.29 is 8.83 Å². The summed E-state index contributed by atoms with van der Waals surface area (Å²) in [6.07, 6.45) is 0. The highest BCUT2D eigenvalue weighted by atomic mass is 16.4. The maximum atomic E-state index is 6.34. The van der Waals surface area contributed by atoms with Crippen LogP contribution in [-0.4, -0.2) is 9.97 Å². The Bertz CT molecular complexity index is 2700. The summed E-state index contributed by atoms with van der Waals surface area (Å²) >= 11 is 0. The molecule has 246 valence electrons. The van der Waals surface area contributed by atoms with Crippen molar-refractivity contribution in [3.05, 3.63) is 191 Å². The molecule has 0 unspecified atom stereocenters. The van der Waals surface area contributed by atoms with Gasteiger partial charge in [-0.1, -0.05) is 123 Å². The van der Waals surface area contributed by atoms with Gasteiger partial charge in [0.1, 0.15) is 11.0 Å². The van der Waals surface area contributed by atoms with E-state index in [1.54, 1.807) is 0 Å². The van der Waals surface area contributed by atoms with E-state index in [-0.39, 0.29) is 5.41 Å². The fraction of sp³-hybridized carbons (Fsp3) is 0.0833. The summed E-state index contributed by atoms with van der Waals surface area (Å²) in [5.74, 6) is 1.12. The van der Waals surface area contributed by atoms with Crippen molar-refractivity contribution in [2.45, 2.75) is 24.7 Å². The van der Waals surface area contributed by atoms with E-state index in [2.05, 4.69) is 123 Å². The molecule has 52 heavy (non-hydrogen) atoms. The van der Waals surface area contributed by atoms with Crippen molar-refractivity contribution in [3.63, 3.8) is 0 Å². The van der Waals surface area contributed by atoms with Crippen LogP contribution in [0.25, 0.3) is 67.4 Å². The summed E-state index contributed by atoms with van der Waals surface area (Å²) in [7, 11) is 0. The van der Waals surface area contributed by atoms with Crippen molar-refractivity contribution >= 4 is 22.2 Å². The van der Waals surface area contributed by atoms with E-state index in [0.717, 1.165) is 44.5 Å². The summed E-state index contributed by atoms with van der Waals surface area (Å²) in [4.78, 5) is 9.79. The highest BCUT2D eigenvalue weighted by Gasteiger charge is 2.53. The molecule has 0 bridgehead atoms. The molecule has 11 rings (SSSR count). The first-order chi connectivity index (χ1) is 25.5. The third kappa shape index (κ3) is 3.92. The Balaban J connectivity index is 1.19. The third-order valence-electron chi connectivity index (χ3n) is 11.4. The van der Waals surface area contributed by atoms with Crippen LogP contribution in [0.4, 0.5) is 0 Å². The topological polar surface area (TPSA) is 52.1 Å². The van der Waals surface area contributed by atoms with Crippen LogP contribution >= 0.6 is 0 Å². The molecule has 0 N–H and O–H groups in total. The van der Waals surface area contributed by atoms with Gasteiger partial charge >= 0.3 is 0 Å². The monoisotopic (exact) mass is 668 g/mol. The smallest absolute Gasteiger partial charge is 0.227 e. The SMILES string of the molecule is CC1(C)c2ccccc2C2(c3ccccc3-c3ccc(-c4cc(-c5nc6ccccc6o5)cc(-c5nc6ccccc6o5)c4)cc32)c2ccccc21. The summed E-state index contributed by atoms with van der Waals surface area (Å²) in [6, 6.07) is 56.3. The Morgan fingerprint density at radius 2 is 0.846 bits per heavy atom. The lowest BCUT2D eigenvalue weighted by Gasteiger charge is -2.46. The first kappa shape index (κ1) is 29.2. The zero-order valence-electron chi connectivity index (χ0n) is 28.7. The average Bonchev–Trinajstić information content (AvgIpc) is 3.90. The Labute approximate surface area is 301 Å². The van der Waals surface area contributed by atoms with Crippen LogP contribution in [0.5, 0.6) is 0 Å². The van der Waals surface area contributed by atoms with Gasteiger partial charge in [0.25, 0.3) is 0 Å². The molecule has 7 aromatic carbocycles. The predicted octanol–water partition coefficient (Wildman–Crippen LogP) is 12.0. The highest BCUT2D eigenvalue weighted by Crippen LogP contribution is 2.62. The van der Waals surface area contributed by atoms with Gasteiger partial charge in [-0.15, -0.1) is 0 Å². The number of benzene rings is 7. The quantitative estimate of drug-likeness (QED) is 0.188. The number of nitrogens with zero attached hydrogens (tertiary/aromatic N) is 2. The van der Waals surface area contributed by atoms with Gasteiger partial charge < -0.3 is 8.83 Å².